The molecule has 7 rings (SSSR count). The molecule has 5 nitrogen and oxygen atoms in total. The van der Waals surface area contributed by atoms with Gasteiger partial charge < -0.3 is 19.5 Å². The summed E-state index contributed by atoms with van der Waals surface area (Å²) >= 11 is 0. The number of amides is 1. The molecule has 2 bridgehead atoms. The van der Waals surface area contributed by atoms with E-state index in [1.807, 2.05) is 12.1 Å². The molecule has 4 saturated heterocycles. The summed E-state index contributed by atoms with van der Waals surface area (Å²) in [5.41, 5.74) is 4.24. The Balaban J connectivity index is 1.27. The second-order valence-corrected chi connectivity index (χ2v) is 9.65. The van der Waals surface area contributed by atoms with Crippen molar-refractivity contribution >= 4 is 22.6 Å². The van der Waals surface area contributed by atoms with E-state index in [0.717, 1.165) is 41.7 Å². The lowest BCUT2D eigenvalue weighted by molar-refractivity contribution is 0.0607. The van der Waals surface area contributed by atoms with Gasteiger partial charge in [-0.2, -0.15) is 0 Å². The number of benzene rings is 2. The zero-order valence-corrected chi connectivity index (χ0v) is 18.6. The van der Waals surface area contributed by atoms with E-state index in [0.29, 0.717) is 11.7 Å². The molecular weight excluding hydrogens is 398 g/mol. The van der Waals surface area contributed by atoms with Crippen molar-refractivity contribution < 1.29 is 9.21 Å². The van der Waals surface area contributed by atoms with E-state index in [1.54, 1.807) is 0 Å². The molecule has 2 aromatic carbocycles. The zero-order chi connectivity index (χ0) is 21.5. The van der Waals surface area contributed by atoms with Gasteiger partial charge in [0.1, 0.15) is 5.58 Å². The van der Waals surface area contributed by atoms with Crippen LogP contribution in [0.3, 0.4) is 0 Å². The summed E-state index contributed by atoms with van der Waals surface area (Å²) < 4.78 is 6.18. The molecule has 166 valence electrons. The number of carbonyl (C=O) groups excluding carboxylic acids is 1. The largest absolute Gasteiger partial charge is 0.450 e. The molecule has 4 fully saturated rings. The number of para-hydroxylation sites is 1. The third kappa shape index (κ3) is 3.69. The third-order valence-corrected chi connectivity index (χ3v) is 7.62. The molecular formula is C27H31N3O2. The number of piperidine rings is 4. The number of rotatable bonds is 4. The molecule has 1 atom stereocenters. The Kier molecular flexibility index (Phi) is 5.14. The van der Waals surface area contributed by atoms with Gasteiger partial charge in [0.15, 0.2) is 5.76 Å². The number of furan rings is 1. The Bertz CT molecular complexity index is 1120. The van der Waals surface area contributed by atoms with Crippen LogP contribution in [0, 0.1) is 5.92 Å². The first-order valence-electron chi connectivity index (χ1n) is 12.2. The average molecular weight is 430 g/mol. The lowest BCUT2D eigenvalue weighted by Gasteiger charge is -2.44. The fourth-order valence-corrected chi connectivity index (χ4v) is 5.79. The minimum atomic E-state index is -0.0898. The Morgan fingerprint density at radius 3 is 2.53 bits per heavy atom. The molecule has 0 saturated carbocycles. The second kappa shape index (κ2) is 8.28. The first-order chi connectivity index (χ1) is 15.7. The number of hydrogen-bond donors (Lipinski definition) is 1. The van der Waals surface area contributed by atoms with Gasteiger partial charge in [-0.3, -0.25) is 4.79 Å². The highest BCUT2D eigenvalue weighted by molar-refractivity contribution is 6.00. The van der Waals surface area contributed by atoms with Crippen molar-refractivity contribution in [1.82, 2.24) is 10.2 Å². The molecule has 4 aliphatic rings. The predicted molar refractivity (Wildman–Crippen MR) is 128 cm³/mol. The SMILES string of the molecule is O=C(NC1CN2CCC1CC2)c1cc2cccc(-c3cccc(N4CCCCC4)c3)c2o1. The van der Waals surface area contributed by atoms with Crippen LogP contribution in [-0.4, -0.2) is 49.6 Å². The van der Waals surface area contributed by atoms with Crippen LogP contribution < -0.4 is 10.2 Å². The van der Waals surface area contributed by atoms with Gasteiger partial charge in [-0.1, -0.05) is 30.3 Å². The van der Waals surface area contributed by atoms with Crippen molar-refractivity contribution in [3.63, 3.8) is 0 Å². The van der Waals surface area contributed by atoms with Crippen LogP contribution in [0.4, 0.5) is 5.69 Å². The van der Waals surface area contributed by atoms with E-state index in [4.69, 9.17) is 4.42 Å². The number of hydrogen-bond acceptors (Lipinski definition) is 4. The summed E-state index contributed by atoms with van der Waals surface area (Å²) in [6.45, 7) is 5.55. The normalized spacial score (nSPS) is 25.2. The molecule has 1 unspecified atom stereocenters. The first-order valence-corrected chi connectivity index (χ1v) is 12.2. The van der Waals surface area contributed by atoms with Crippen molar-refractivity contribution in [2.45, 2.75) is 38.1 Å². The summed E-state index contributed by atoms with van der Waals surface area (Å²) in [5.74, 6) is 0.922. The van der Waals surface area contributed by atoms with Gasteiger partial charge in [-0.15, -0.1) is 0 Å². The van der Waals surface area contributed by atoms with E-state index in [9.17, 15) is 4.79 Å². The quantitative estimate of drug-likeness (QED) is 0.640. The average Bonchev–Trinajstić information content (AvgIpc) is 3.30. The smallest absolute Gasteiger partial charge is 0.287 e. The van der Waals surface area contributed by atoms with E-state index in [1.165, 1.54) is 50.9 Å². The minimum Gasteiger partial charge on any atom is -0.450 e. The standard InChI is InChI=1S/C27H31N3O2/c31-27(28-24-18-29-14-10-19(24)11-15-29)25-17-21-7-5-9-23(26(21)32-25)20-6-4-8-22(16-20)30-12-2-1-3-13-30/h4-9,16-17,19,24H,1-3,10-15,18H2,(H,28,31). The fourth-order valence-electron chi connectivity index (χ4n) is 5.79. The number of fused-ring (bicyclic) bond motifs is 4. The van der Waals surface area contributed by atoms with Crippen LogP contribution in [0.1, 0.15) is 42.7 Å². The summed E-state index contributed by atoms with van der Waals surface area (Å²) in [6.07, 6.45) is 6.21. The van der Waals surface area contributed by atoms with E-state index < -0.39 is 0 Å². The Hall–Kier alpha value is -2.79. The summed E-state index contributed by atoms with van der Waals surface area (Å²) in [4.78, 5) is 18.0. The van der Waals surface area contributed by atoms with Crippen LogP contribution in [0.2, 0.25) is 0 Å². The summed E-state index contributed by atoms with van der Waals surface area (Å²) in [7, 11) is 0. The van der Waals surface area contributed by atoms with Crippen LogP contribution >= 0.6 is 0 Å². The monoisotopic (exact) mass is 429 g/mol. The van der Waals surface area contributed by atoms with E-state index >= 15 is 0 Å². The number of nitrogens with zero attached hydrogens (tertiary/aromatic N) is 2. The van der Waals surface area contributed by atoms with Crippen LogP contribution in [0.25, 0.3) is 22.1 Å². The highest BCUT2D eigenvalue weighted by atomic mass is 16.3. The molecule has 4 aliphatic heterocycles. The minimum absolute atomic E-state index is 0.0898. The second-order valence-electron chi connectivity index (χ2n) is 9.65. The Morgan fingerprint density at radius 1 is 0.938 bits per heavy atom. The molecule has 1 aromatic heterocycles. The lowest BCUT2D eigenvalue weighted by atomic mass is 9.84. The molecule has 5 heteroatoms. The maximum atomic E-state index is 13.0. The zero-order valence-electron chi connectivity index (χ0n) is 18.6. The van der Waals surface area contributed by atoms with E-state index in [2.05, 4.69) is 51.5 Å². The predicted octanol–water partition coefficient (Wildman–Crippen LogP) is 4.91. The highest BCUT2D eigenvalue weighted by Crippen LogP contribution is 2.34. The van der Waals surface area contributed by atoms with Crippen LogP contribution in [0.5, 0.6) is 0 Å². The van der Waals surface area contributed by atoms with Crippen molar-refractivity contribution in [2.75, 3.05) is 37.6 Å². The van der Waals surface area contributed by atoms with Crippen LogP contribution in [-0.2, 0) is 0 Å². The van der Waals surface area contributed by atoms with Gasteiger partial charge in [-0.25, -0.2) is 0 Å². The number of nitrogens with one attached hydrogen (secondary N) is 1. The Morgan fingerprint density at radius 2 is 1.75 bits per heavy atom. The van der Waals surface area contributed by atoms with Crippen molar-refractivity contribution in [3.05, 3.63) is 54.3 Å². The summed E-state index contributed by atoms with van der Waals surface area (Å²) in [6, 6.07) is 17.0. The van der Waals surface area contributed by atoms with Gasteiger partial charge >= 0.3 is 0 Å². The van der Waals surface area contributed by atoms with Gasteiger partial charge in [-0.05, 0) is 74.9 Å². The number of anilines is 1. The van der Waals surface area contributed by atoms with Gasteiger partial charge in [0.05, 0.1) is 0 Å². The first kappa shape index (κ1) is 19.9. The molecule has 0 radical (unpaired) electrons. The van der Waals surface area contributed by atoms with Gasteiger partial charge in [0, 0.05) is 42.3 Å². The molecule has 5 heterocycles. The highest BCUT2D eigenvalue weighted by Gasteiger charge is 2.35. The molecule has 32 heavy (non-hydrogen) atoms. The molecule has 0 aliphatic carbocycles. The summed E-state index contributed by atoms with van der Waals surface area (Å²) in [5, 5.41) is 4.23. The lowest BCUT2D eigenvalue weighted by Crippen LogP contribution is -2.57. The molecule has 3 aromatic rings. The van der Waals surface area contributed by atoms with Crippen molar-refractivity contribution in [2.24, 2.45) is 5.92 Å². The maximum Gasteiger partial charge on any atom is 0.287 e. The number of carbonyl (C=O) groups is 1. The molecule has 1 amide bonds. The Labute approximate surface area is 189 Å². The fraction of sp³-hybridized carbons (Fsp3) is 0.444. The third-order valence-electron chi connectivity index (χ3n) is 7.62. The topological polar surface area (TPSA) is 48.7 Å². The molecule has 0 spiro atoms. The van der Waals surface area contributed by atoms with Gasteiger partial charge in [0.2, 0.25) is 0 Å². The maximum absolute atomic E-state index is 13.0. The molecule has 1 N–H and O–H groups in total. The van der Waals surface area contributed by atoms with Gasteiger partial charge in [0.25, 0.3) is 5.91 Å². The van der Waals surface area contributed by atoms with E-state index in [-0.39, 0.29) is 11.9 Å². The van der Waals surface area contributed by atoms with Crippen molar-refractivity contribution in [1.29, 1.82) is 0 Å². The van der Waals surface area contributed by atoms with Crippen LogP contribution in [0.15, 0.2) is 52.9 Å². The van der Waals surface area contributed by atoms with Crippen molar-refractivity contribution in [3.8, 4) is 11.1 Å².